The average molecular weight is 327 g/mol. The van der Waals surface area contributed by atoms with Gasteiger partial charge in [0.1, 0.15) is 0 Å². The minimum Gasteiger partial charge on any atom is -0.480 e. The van der Waals surface area contributed by atoms with Gasteiger partial charge < -0.3 is 26.5 Å². The Morgan fingerprint density at radius 3 is 2.82 bits per heavy atom. The van der Waals surface area contributed by atoms with Crippen LogP contribution in [0.3, 0.4) is 0 Å². The van der Waals surface area contributed by atoms with Crippen molar-refractivity contribution in [3.05, 3.63) is 17.7 Å². The summed E-state index contributed by atoms with van der Waals surface area (Å²) in [6.07, 6.45) is 3.44. The highest BCUT2D eigenvalue weighted by Crippen LogP contribution is 2.11. The molecule has 1 aromatic rings. The standard InChI is InChI=1S/C10H16N6S.C2H5NO2/c1-8-9(16-7-15-8)5-17-4-3-13-10(12-2)14-6-11;3-1-2(4)5/h7H,3-5H2,1-2H3,(H,15,16)(H2,12,13,14);1,3H2,(H,4,5). The van der Waals surface area contributed by atoms with E-state index in [0.717, 1.165) is 29.4 Å². The summed E-state index contributed by atoms with van der Waals surface area (Å²) in [5.74, 6) is 1.36. The lowest BCUT2D eigenvalue weighted by molar-refractivity contribution is -0.135. The van der Waals surface area contributed by atoms with Gasteiger partial charge in [-0.15, -0.1) is 4.99 Å². The maximum Gasteiger partial charge on any atom is 0.317 e. The molecule has 0 aromatic carbocycles. The number of guanidine groups is 1. The number of imidazole rings is 1. The number of nitriles is 1. The Morgan fingerprint density at radius 2 is 2.36 bits per heavy atom. The van der Waals surface area contributed by atoms with Crippen LogP contribution in [0, 0.1) is 18.4 Å². The zero-order chi connectivity index (χ0) is 16.8. The van der Waals surface area contributed by atoms with Crippen LogP contribution in [-0.4, -0.2) is 52.9 Å². The van der Waals surface area contributed by atoms with Crippen LogP contribution >= 0.6 is 11.8 Å². The molecule has 0 aliphatic heterocycles. The number of hydrogen-bond donors (Lipinski definition) is 5. The molecule has 0 fully saturated rings. The number of nitrogens with one attached hydrogen (secondary N) is 3. The number of aromatic amines is 1. The van der Waals surface area contributed by atoms with E-state index in [0.29, 0.717) is 5.96 Å². The van der Waals surface area contributed by atoms with Crippen molar-refractivity contribution in [2.45, 2.75) is 12.7 Å². The van der Waals surface area contributed by atoms with Gasteiger partial charge in [-0.1, -0.05) is 0 Å². The van der Waals surface area contributed by atoms with E-state index in [1.807, 2.05) is 6.92 Å². The molecule has 22 heavy (non-hydrogen) atoms. The Bertz CT molecular complexity index is 510. The molecule has 0 saturated heterocycles. The third-order valence-electron chi connectivity index (χ3n) is 2.29. The lowest BCUT2D eigenvalue weighted by Crippen LogP contribution is -2.35. The second kappa shape index (κ2) is 12.5. The Kier molecular flexibility index (Phi) is 11.2. The molecule has 0 spiro atoms. The number of rotatable bonds is 6. The Labute approximate surface area is 133 Å². The van der Waals surface area contributed by atoms with Crippen molar-refractivity contribution in [1.29, 1.82) is 5.26 Å². The first-order valence-electron chi connectivity index (χ1n) is 6.42. The number of carboxylic acid groups (broad SMARTS) is 1. The molecule has 9 nitrogen and oxygen atoms in total. The van der Waals surface area contributed by atoms with Gasteiger partial charge in [0.2, 0.25) is 12.2 Å². The van der Waals surface area contributed by atoms with E-state index in [-0.39, 0.29) is 6.54 Å². The van der Waals surface area contributed by atoms with Crippen LogP contribution in [0.15, 0.2) is 11.3 Å². The lowest BCUT2D eigenvalue weighted by atomic mass is 10.4. The van der Waals surface area contributed by atoms with E-state index < -0.39 is 5.97 Å². The molecule has 1 heterocycles. The highest BCUT2D eigenvalue weighted by atomic mass is 32.2. The zero-order valence-electron chi connectivity index (χ0n) is 12.6. The van der Waals surface area contributed by atoms with E-state index in [1.54, 1.807) is 31.3 Å². The minimum atomic E-state index is -0.968. The Morgan fingerprint density at radius 1 is 1.68 bits per heavy atom. The lowest BCUT2D eigenvalue weighted by Gasteiger charge is -2.06. The fourth-order valence-corrected chi connectivity index (χ4v) is 2.05. The molecule has 0 saturated carbocycles. The largest absolute Gasteiger partial charge is 0.480 e. The minimum absolute atomic E-state index is 0.278. The highest BCUT2D eigenvalue weighted by Gasteiger charge is 2.00. The summed E-state index contributed by atoms with van der Waals surface area (Å²) < 4.78 is 0. The summed E-state index contributed by atoms with van der Waals surface area (Å²) in [5, 5.41) is 21.8. The average Bonchev–Trinajstić information content (AvgIpc) is 2.91. The number of nitrogens with zero attached hydrogens (tertiary/aromatic N) is 3. The molecule has 122 valence electrons. The van der Waals surface area contributed by atoms with Gasteiger partial charge in [-0.05, 0) is 6.92 Å². The topological polar surface area (TPSA) is 152 Å². The number of aromatic nitrogens is 2. The quantitative estimate of drug-likeness (QED) is 0.205. The molecule has 0 bridgehead atoms. The molecule has 0 unspecified atom stereocenters. The predicted molar refractivity (Wildman–Crippen MR) is 86.3 cm³/mol. The first kappa shape index (κ1) is 19.8. The van der Waals surface area contributed by atoms with Crippen molar-refractivity contribution >= 4 is 23.7 Å². The zero-order valence-corrected chi connectivity index (χ0v) is 13.4. The van der Waals surface area contributed by atoms with Gasteiger partial charge in [0.15, 0.2) is 0 Å². The normalized spacial score (nSPS) is 10.2. The fraction of sp³-hybridized carbons (Fsp3) is 0.500. The van der Waals surface area contributed by atoms with Crippen LogP contribution < -0.4 is 16.4 Å². The molecule has 6 N–H and O–H groups in total. The van der Waals surface area contributed by atoms with E-state index >= 15 is 0 Å². The van der Waals surface area contributed by atoms with Crippen molar-refractivity contribution in [2.24, 2.45) is 10.7 Å². The first-order valence-corrected chi connectivity index (χ1v) is 7.57. The summed E-state index contributed by atoms with van der Waals surface area (Å²) >= 11 is 1.79. The molecule has 0 aliphatic carbocycles. The van der Waals surface area contributed by atoms with Crippen molar-refractivity contribution in [2.75, 3.05) is 25.9 Å². The van der Waals surface area contributed by atoms with Gasteiger partial charge in [-0.2, -0.15) is 17.0 Å². The predicted octanol–water partition coefficient (Wildman–Crippen LogP) is -0.373. The van der Waals surface area contributed by atoms with Gasteiger partial charge in [-0.25, -0.2) is 4.98 Å². The van der Waals surface area contributed by atoms with Crippen LogP contribution in [0.4, 0.5) is 0 Å². The highest BCUT2D eigenvalue weighted by molar-refractivity contribution is 7.98. The molecular formula is C12H21N7O2S. The number of hydrogen-bond acceptors (Lipinski definition) is 6. The summed E-state index contributed by atoms with van der Waals surface area (Å²) in [7, 11) is 1.73. The van der Waals surface area contributed by atoms with E-state index in [1.165, 1.54) is 0 Å². The summed E-state index contributed by atoms with van der Waals surface area (Å²) in [6.45, 7) is 2.50. The van der Waals surface area contributed by atoms with Crippen LogP contribution in [0.25, 0.3) is 0 Å². The second-order valence-electron chi connectivity index (χ2n) is 3.86. The molecule has 0 atom stereocenters. The van der Waals surface area contributed by atoms with Crippen molar-refractivity contribution in [3.8, 4) is 6.19 Å². The second-order valence-corrected chi connectivity index (χ2v) is 4.97. The van der Waals surface area contributed by atoms with Crippen molar-refractivity contribution in [3.63, 3.8) is 0 Å². The van der Waals surface area contributed by atoms with E-state index in [4.69, 9.17) is 10.4 Å². The number of H-pyrrole nitrogens is 1. The molecule has 0 radical (unpaired) electrons. The molecule has 1 aromatic heterocycles. The molecule has 10 heteroatoms. The van der Waals surface area contributed by atoms with Crippen LogP contribution in [-0.2, 0) is 10.5 Å². The third-order valence-corrected chi connectivity index (χ3v) is 3.26. The number of aliphatic carboxylic acids is 1. The Balaban J connectivity index is 0.000000763. The molecule has 0 amide bonds. The Hall–Kier alpha value is -2.25. The first-order chi connectivity index (χ1) is 10.5. The fourth-order valence-electron chi connectivity index (χ4n) is 1.18. The van der Waals surface area contributed by atoms with Gasteiger partial charge in [-0.3, -0.25) is 4.79 Å². The molecule has 0 aliphatic rings. The van der Waals surface area contributed by atoms with Crippen LogP contribution in [0.5, 0.6) is 0 Å². The smallest absolute Gasteiger partial charge is 0.317 e. The van der Waals surface area contributed by atoms with Gasteiger partial charge >= 0.3 is 5.97 Å². The number of aliphatic imine (C=N–C) groups is 1. The summed E-state index contributed by atoms with van der Waals surface area (Å²) in [4.78, 5) is 20.1. The van der Waals surface area contributed by atoms with Crippen molar-refractivity contribution < 1.29 is 9.90 Å². The van der Waals surface area contributed by atoms with Gasteiger partial charge in [0, 0.05) is 30.8 Å². The van der Waals surface area contributed by atoms with E-state index in [9.17, 15) is 4.79 Å². The third kappa shape index (κ3) is 9.62. The molecule has 1 rings (SSSR count). The molecular weight excluding hydrogens is 306 g/mol. The number of aryl methyl sites for hydroxylation is 1. The summed E-state index contributed by atoms with van der Waals surface area (Å²) in [5.41, 5.74) is 6.78. The number of nitrogens with two attached hydrogens (primary N) is 1. The number of carboxylic acids is 1. The maximum absolute atomic E-state index is 9.24. The van der Waals surface area contributed by atoms with Crippen LogP contribution in [0.2, 0.25) is 0 Å². The van der Waals surface area contributed by atoms with Crippen molar-refractivity contribution in [1.82, 2.24) is 20.6 Å². The number of carbonyl (C=O) groups is 1. The van der Waals surface area contributed by atoms with Crippen LogP contribution in [0.1, 0.15) is 11.4 Å². The SMILES string of the molecule is CN/C(=N/C#N)NCCSCc1nc[nH]c1C.NCC(=O)O. The summed E-state index contributed by atoms with van der Waals surface area (Å²) in [6, 6.07) is 0. The monoisotopic (exact) mass is 327 g/mol. The van der Waals surface area contributed by atoms with E-state index in [2.05, 4.69) is 31.3 Å². The van der Waals surface area contributed by atoms with Gasteiger partial charge in [0.25, 0.3) is 0 Å². The maximum atomic E-state index is 9.24. The number of thioether (sulfide) groups is 1. The van der Waals surface area contributed by atoms with Gasteiger partial charge in [0.05, 0.1) is 18.6 Å².